The molecule has 152 valence electrons. The van der Waals surface area contributed by atoms with Crippen LogP contribution >= 0.6 is 11.8 Å². The Labute approximate surface area is 175 Å². The van der Waals surface area contributed by atoms with Gasteiger partial charge < -0.3 is 14.6 Å². The van der Waals surface area contributed by atoms with Gasteiger partial charge in [0.15, 0.2) is 5.16 Å². The fourth-order valence-corrected chi connectivity index (χ4v) is 3.71. The predicted molar refractivity (Wildman–Crippen MR) is 116 cm³/mol. The van der Waals surface area contributed by atoms with E-state index in [0.29, 0.717) is 19.6 Å². The summed E-state index contributed by atoms with van der Waals surface area (Å²) in [6.07, 6.45) is 0.683. The van der Waals surface area contributed by atoms with Gasteiger partial charge in [0, 0.05) is 25.8 Å². The van der Waals surface area contributed by atoms with Crippen molar-refractivity contribution in [1.82, 2.24) is 14.8 Å². The van der Waals surface area contributed by atoms with Gasteiger partial charge in [0.25, 0.3) is 0 Å². The standard InChI is InChI=1S/C22H26N4O2S/c1-16-9-11-19(12-10-16)23-21(27)17(2)29-22-25-24-20(26(22)13-14-28-3)15-18-7-5-4-6-8-18/h4-12,17H,13-15H2,1-3H3,(H,23,27)/t17-/m1/s1. The first-order chi connectivity index (χ1) is 14.1. The highest BCUT2D eigenvalue weighted by molar-refractivity contribution is 8.00. The molecule has 1 atom stereocenters. The van der Waals surface area contributed by atoms with E-state index in [2.05, 4.69) is 27.6 Å². The molecule has 0 unspecified atom stereocenters. The van der Waals surface area contributed by atoms with Gasteiger partial charge in [-0.25, -0.2) is 0 Å². The molecule has 0 fully saturated rings. The number of carbonyl (C=O) groups excluding carboxylic acids is 1. The molecule has 0 saturated heterocycles. The quantitative estimate of drug-likeness (QED) is 0.541. The van der Waals surface area contributed by atoms with Gasteiger partial charge in [0.05, 0.1) is 11.9 Å². The summed E-state index contributed by atoms with van der Waals surface area (Å²) >= 11 is 1.40. The third-order valence-electron chi connectivity index (χ3n) is 4.49. The Hall–Kier alpha value is -2.64. The molecule has 2 aromatic carbocycles. The van der Waals surface area contributed by atoms with Crippen molar-refractivity contribution in [2.24, 2.45) is 0 Å². The van der Waals surface area contributed by atoms with Crippen LogP contribution in [0.25, 0.3) is 0 Å². The average Bonchev–Trinajstić information content (AvgIpc) is 3.09. The van der Waals surface area contributed by atoms with Crippen molar-refractivity contribution in [3.8, 4) is 0 Å². The van der Waals surface area contributed by atoms with Gasteiger partial charge in [0.1, 0.15) is 5.82 Å². The van der Waals surface area contributed by atoms with Crippen molar-refractivity contribution in [3.63, 3.8) is 0 Å². The van der Waals surface area contributed by atoms with Crippen molar-refractivity contribution < 1.29 is 9.53 Å². The molecule has 1 heterocycles. The number of benzene rings is 2. The number of nitrogens with one attached hydrogen (secondary N) is 1. The molecule has 1 N–H and O–H groups in total. The zero-order chi connectivity index (χ0) is 20.6. The first-order valence-corrected chi connectivity index (χ1v) is 10.4. The van der Waals surface area contributed by atoms with Crippen molar-refractivity contribution in [3.05, 3.63) is 71.5 Å². The number of anilines is 1. The van der Waals surface area contributed by atoms with E-state index >= 15 is 0 Å². The second-order valence-electron chi connectivity index (χ2n) is 6.82. The van der Waals surface area contributed by atoms with E-state index in [4.69, 9.17) is 4.74 Å². The molecule has 0 radical (unpaired) electrons. The Morgan fingerprint density at radius 1 is 1.14 bits per heavy atom. The van der Waals surface area contributed by atoms with E-state index < -0.39 is 0 Å². The largest absolute Gasteiger partial charge is 0.383 e. The Bertz CT molecular complexity index is 926. The van der Waals surface area contributed by atoms with E-state index in [9.17, 15) is 4.79 Å². The van der Waals surface area contributed by atoms with Crippen molar-refractivity contribution >= 4 is 23.4 Å². The molecular weight excluding hydrogens is 384 g/mol. The van der Waals surface area contributed by atoms with E-state index in [-0.39, 0.29) is 11.2 Å². The summed E-state index contributed by atoms with van der Waals surface area (Å²) in [5, 5.41) is 12.1. The van der Waals surface area contributed by atoms with Crippen LogP contribution < -0.4 is 5.32 Å². The summed E-state index contributed by atoms with van der Waals surface area (Å²) in [5.41, 5.74) is 3.11. The maximum Gasteiger partial charge on any atom is 0.237 e. The van der Waals surface area contributed by atoms with Crippen LogP contribution in [0.3, 0.4) is 0 Å². The molecule has 1 aromatic heterocycles. The predicted octanol–water partition coefficient (Wildman–Crippen LogP) is 3.94. The lowest BCUT2D eigenvalue weighted by Crippen LogP contribution is -2.23. The average molecular weight is 411 g/mol. The van der Waals surface area contributed by atoms with Crippen LogP contribution in [0.15, 0.2) is 59.8 Å². The minimum absolute atomic E-state index is 0.0650. The van der Waals surface area contributed by atoms with Crippen LogP contribution in [0.1, 0.15) is 23.9 Å². The van der Waals surface area contributed by atoms with Gasteiger partial charge in [-0.15, -0.1) is 10.2 Å². The molecule has 0 aliphatic heterocycles. The van der Waals surface area contributed by atoms with Gasteiger partial charge in [-0.3, -0.25) is 4.79 Å². The number of ether oxygens (including phenoxy) is 1. The van der Waals surface area contributed by atoms with Crippen LogP contribution in [0.5, 0.6) is 0 Å². The van der Waals surface area contributed by atoms with Gasteiger partial charge in [-0.2, -0.15) is 0 Å². The van der Waals surface area contributed by atoms with Crippen molar-refractivity contribution in [1.29, 1.82) is 0 Å². The summed E-state index contributed by atoms with van der Waals surface area (Å²) in [6.45, 7) is 5.09. The summed E-state index contributed by atoms with van der Waals surface area (Å²) in [7, 11) is 1.67. The lowest BCUT2D eigenvalue weighted by atomic mass is 10.1. The first kappa shape index (κ1) is 21.1. The van der Waals surface area contributed by atoms with Gasteiger partial charge >= 0.3 is 0 Å². The second-order valence-corrected chi connectivity index (χ2v) is 8.13. The molecule has 3 aromatic rings. The second kappa shape index (κ2) is 10.2. The fraction of sp³-hybridized carbons (Fsp3) is 0.318. The molecule has 0 saturated carbocycles. The number of hydrogen-bond donors (Lipinski definition) is 1. The number of aryl methyl sites for hydroxylation is 1. The molecule has 1 amide bonds. The number of hydrogen-bond acceptors (Lipinski definition) is 5. The molecule has 0 spiro atoms. The van der Waals surface area contributed by atoms with Crippen LogP contribution in [-0.2, 0) is 22.5 Å². The lowest BCUT2D eigenvalue weighted by Gasteiger charge is -2.14. The topological polar surface area (TPSA) is 69.0 Å². The third kappa shape index (κ3) is 5.92. The Balaban J connectivity index is 1.71. The summed E-state index contributed by atoms with van der Waals surface area (Å²) in [4.78, 5) is 12.6. The zero-order valence-corrected chi connectivity index (χ0v) is 17.8. The Morgan fingerprint density at radius 3 is 2.55 bits per heavy atom. The molecule has 29 heavy (non-hydrogen) atoms. The first-order valence-electron chi connectivity index (χ1n) is 9.56. The molecule has 0 aliphatic carbocycles. The zero-order valence-electron chi connectivity index (χ0n) is 17.0. The third-order valence-corrected chi connectivity index (χ3v) is 5.57. The highest BCUT2D eigenvalue weighted by atomic mass is 32.2. The normalized spacial score (nSPS) is 12.0. The number of thioether (sulfide) groups is 1. The van der Waals surface area contributed by atoms with E-state index in [1.165, 1.54) is 17.3 Å². The molecular formula is C22H26N4O2S. The highest BCUT2D eigenvalue weighted by Crippen LogP contribution is 2.24. The summed E-state index contributed by atoms with van der Waals surface area (Å²) in [5.74, 6) is 0.798. The number of aromatic nitrogens is 3. The van der Waals surface area contributed by atoms with E-state index in [0.717, 1.165) is 22.2 Å². The minimum Gasteiger partial charge on any atom is -0.383 e. The number of amides is 1. The summed E-state index contributed by atoms with van der Waals surface area (Å²) in [6, 6.07) is 17.9. The molecule has 0 aliphatic rings. The monoisotopic (exact) mass is 410 g/mol. The molecule has 0 bridgehead atoms. The fourth-order valence-electron chi connectivity index (χ4n) is 2.81. The van der Waals surface area contributed by atoms with E-state index in [1.807, 2.05) is 60.9 Å². The Kier molecular flexibility index (Phi) is 7.43. The number of carbonyl (C=O) groups is 1. The van der Waals surface area contributed by atoms with Crippen molar-refractivity contribution in [2.75, 3.05) is 19.0 Å². The smallest absolute Gasteiger partial charge is 0.237 e. The molecule has 6 nitrogen and oxygen atoms in total. The van der Waals surface area contributed by atoms with Crippen LogP contribution in [0.2, 0.25) is 0 Å². The minimum atomic E-state index is -0.314. The number of rotatable bonds is 9. The van der Waals surface area contributed by atoms with Crippen LogP contribution in [0.4, 0.5) is 5.69 Å². The van der Waals surface area contributed by atoms with E-state index in [1.54, 1.807) is 7.11 Å². The van der Waals surface area contributed by atoms with Gasteiger partial charge in [-0.05, 0) is 31.5 Å². The highest BCUT2D eigenvalue weighted by Gasteiger charge is 2.20. The number of methoxy groups -OCH3 is 1. The lowest BCUT2D eigenvalue weighted by molar-refractivity contribution is -0.115. The SMILES string of the molecule is COCCn1c(Cc2ccccc2)nnc1S[C@H](C)C(=O)Nc1ccc(C)cc1. The molecule has 7 heteroatoms. The van der Waals surface area contributed by atoms with Gasteiger partial charge in [-0.1, -0.05) is 59.8 Å². The van der Waals surface area contributed by atoms with Crippen LogP contribution in [-0.4, -0.2) is 39.6 Å². The van der Waals surface area contributed by atoms with Gasteiger partial charge in [0.2, 0.25) is 5.91 Å². The maximum atomic E-state index is 12.6. The van der Waals surface area contributed by atoms with Crippen molar-refractivity contribution in [2.45, 2.75) is 37.2 Å². The van der Waals surface area contributed by atoms with Crippen LogP contribution in [0, 0.1) is 6.92 Å². The number of nitrogens with zero attached hydrogens (tertiary/aromatic N) is 3. The summed E-state index contributed by atoms with van der Waals surface area (Å²) < 4.78 is 7.29. The Morgan fingerprint density at radius 2 is 1.86 bits per heavy atom. The molecule has 3 rings (SSSR count). The maximum absolute atomic E-state index is 12.6.